The zero-order chi connectivity index (χ0) is 13.8. The molecule has 0 aliphatic carbocycles. The summed E-state index contributed by atoms with van der Waals surface area (Å²) in [5, 5.41) is 13.7. The molecule has 2 heterocycles. The highest BCUT2D eigenvalue weighted by Crippen LogP contribution is 2.25. The SMILES string of the molecule is CCc1cccnc1-c1noc(C(CC)C(C)O)n1. The predicted octanol–water partition coefficient (Wildman–Crippen LogP) is 2.57. The lowest BCUT2D eigenvalue weighted by atomic mass is 10.0. The zero-order valence-electron chi connectivity index (χ0n) is 11.5. The van der Waals surface area contributed by atoms with Crippen molar-refractivity contribution in [3.63, 3.8) is 0 Å². The lowest BCUT2D eigenvalue weighted by Gasteiger charge is -2.12. The van der Waals surface area contributed by atoms with Gasteiger partial charge in [0, 0.05) is 6.20 Å². The molecule has 0 amide bonds. The lowest BCUT2D eigenvalue weighted by Crippen LogP contribution is -2.14. The van der Waals surface area contributed by atoms with E-state index in [0.29, 0.717) is 11.7 Å². The van der Waals surface area contributed by atoms with Gasteiger partial charge in [0.1, 0.15) is 5.69 Å². The second-order valence-electron chi connectivity index (χ2n) is 4.58. The number of pyridine rings is 1. The van der Waals surface area contributed by atoms with Crippen molar-refractivity contribution in [1.82, 2.24) is 15.1 Å². The van der Waals surface area contributed by atoms with Gasteiger partial charge in [0.2, 0.25) is 11.7 Å². The minimum atomic E-state index is -0.507. The average molecular weight is 261 g/mol. The molecule has 0 fully saturated rings. The molecule has 0 aromatic carbocycles. The summed E-state index contributed by atoms with van der Waals surface area (Å²) in [7, 11) is 0. The van der Waals surface area contributed by atoms with Gasteiger partial charge in [-0.05, 0) is 31.4 Å². The van der Waals surface area contributed by atoms with E-state index in [0.717, 1.165) is 24.1 Å². The smallest absolute Gasteiger partial charge is 0.232 e. The number of hydrogen-bond donors (Lipinski definition) is 1. The van der Waals surface area contributed by atoms with Gasteiger partial charge in [0.25, 0.3) is 0 Å². The summed E-state index contributed by atoms with van der Waals surface area (Å²) in [5.41, 5.74) is 1.83. The van der Waals surface area contributed by atoms with E-state index in [1.165, 1.54) is 0 Å². The highest BCUT2D eigenvalue weighted by atomic mass is 16.5. The van der Waals surface area contributed by atoms with Gasteiger partial charge in [-0.15, -0.1) is 0 Å². The molecule has 5 nitrogen and oxygen atoms in total. The van der Waals surface area contributed by atoms with Crippen LogP contribution in [0.15, 0.2) is 22.9 Å². The van der Waals surface area contributed by atoms with E-state index in [9.17, 15) is 5.11 Å². The van der Waals surface area contributed by atoms with Gasteiger partial charge < -0.3 is 9.63 Å². The molecule has 102 valence electrons. The molecule has 0 aliphatic heterocycles. The Kier molecular flexibility index (Phi) is 4.27. The Morgan fingerprint density at radius 3 is 2.79 bits per heavy atom. The van der Waals surface area contributed by atoms with Crippen LogP contribution in [-0.2, 0) is 6.42 Å². The van der Waals surface area contributed by atoms with Crippen LogP contribution in [0, 0.1) is 0 Å². The molecule has 5 heteroatoms. The first kappa shape index (κ1) is 13.7. The normalized spacial score (nSPS) is 14.3. The topological polar surface area (TPSA) is 72.0 Å². The minimum Gasteiger partial charge on any atom is -0.393 e. The van der Waals surface area contributed by atoms with Crippen LogP contribution in [-0.4, -0.2) is 26.3 Å². The third-order valence-corrected chi connectivity index (χ3v) is 3.27. The fraction of sp³-hybridized carbons (Fsp3) is 0.500. The predicted molar refractivity (Wildman–Crippen MR) is 71.6 cm³/mol. The van der Waals surface area contributed by atoms with Crippen molar-refractivity contribution in [3.8, 4) is 11.5 Å². The van der Waals surface area contributed by atoms with Crippen LogP contribution < -0.4 is 0 Å². The van der Waals surface area contributed by atoms with Crippen molar-refractivity contribution in [2.24, 2.45) is 0 Å². The van der Waals surface area contributed by atoms with E-state index in [1.807, 2.05) is 19.1 Å². The number of aliphatic hydroxyl groups is 1. The first-order valence-corrected chi connectivity index (χ1v) is 6.63. The lowest BCUT2D eigenvalue weighted by molar-refractivity contribution is 0.141. The van der Waals surface area contributed by atoms with Crippen LogP contribution in [0.4, 0.5) is 0 Å². The van der Waals surface area contributed by atoms with Crippen LogP contribution in [0.1, 0.15) is 44.6 Å². The molecule has 2 unspecified atom stereocenters. The summed E-state index contributed by atoms with van der Waals surface area (Å²) in [6, 6.07) is 3.90. The summed E-state index contributed by atoms with van der Waals surface area (Å²) in [6.45, 7) is 5.78. The first-order valence-electron chi connectivity index (χ1n) is 6.63. The molecule has 0 saturated heterocycles. The van der Waals surface area contributed by atoms with E-state index < -0.39 is 6.10 Å². The molecule has 2 rings (SSSR count). The van der Waals surface area contributed by atoms with Gasteiger partial charge in [0.15, 0.2) is 0 Å². The number of aliphatic hydroxyl groups excluding tert-OH is 1. The summed E-state index contributed by atoms with van der Waals surface area (Å²) >= 11 is 0. The molecular formula is C14H19N3O2. The zero-order valence-corrected chi connectivity index (χ0v) is 11.5. The Labute approximate surface area is 112 Å². The fourth-order valence-corrected chi connectivity index (χ4v) is 2.13. The number of aromatic nitrogens is 3. The van der Waals surface area contributed by atoms with Gasteiger partial charge in [-0.25, -0.2) is 0 Å². The average Bonchev–Trinajstić information content (AvgIpc) is 2.88. The Morgan fingerprint density at radius 1 is 1.37 bits per heavy atom. The molecule has 2 aromatic rings. The van der Waals surface area contributed by atoms with Crippen LogP contribution in [0.2, 0.25) is 0 Å². The van der Waals surface area contributed by atoms with E-state index in [-0.39, 0.29) is 5.92 Å². The number of hydrogen-bond acceptors (Lipinski definition) is 5. The monoisotopic (exact) mass is 261 g/mol. The second-order valence-corrected chi connectivity index (χ2v) is 4.58. The van der Waals surface area contributed by atoms with Crippen molar-refractivity contribution in [2.45, 2.75) is 45.6 Å². The molecular weight excluding hydrogens is 242 g/mol. The van der Waals surface area contributed by atoms with Crippen molar-refractivity contribution in [3.05, 3.63) is 29.8 Å². The van der Waals surface area contributed by atoms with E-state index in [2.05, 4.69) is 22.0 Å². The maximum atomic E-state index is 9.70. The van der Waals surface area contributed by atoms with Crippen LogP contribution in [0.5, 0.6) is 0 Å². The molecule has 1 N–H and O–H groups in total. The summed E-state index contributed by atoms with van der Waals surface area (Å²) in [5.74, 6) is 0.835. The number of nitrogens with zero attached hydrogens (tertiary/aromatic N) is 3. The Bertz CT molecular complexity index is 537. The second kappa shape index (κ2) is 5.93. The maximum absolute atomic E-state index is 9.70. The van der Waals surface area contributed by atoms with Gasteiger partial charge in [-0.1, -0.05) is 25.1 Å². The van der Waals surface area contributed by atoms with Crippen molar-refractivity contribution in [1.29, 1.82) is 0 Å². The fourth-order valence-electron chi connectivity index (χ4n) is 2.13. The van der Waals surface area contributed by atoms with Crippen molar-refractivity contribution < 1.29 is 9.63 Å². The Hall–Kier alpha value is -1.75. The molecule has 0 bridgehead atoms. The van der Waals surface area contributed by atoms with Crippen LogP contribution in [0.3, 0.4) is 0 Å². The molecule has 0 saturated carbocycles. The molecule has 0 radical (unpaired) electrons. The Morgan fingerprint density at radius 2 is 2.16 bits per heavy atom. The van der Waals surface area contributed by atoms with Gasteiger partial charge >= 0.3 is 0 Å². The van der Waals surface area contributed by atoms with Crippen LogP contribution in [0.25, 0.3) is 11.5 Å². The standard InChI is InChI=1S/C14H19N3O2/c1-4-10-7-6-8-15-12(10)13-16-14(19-17-13)11(5-2)9(3)18/h6-9,11,18H,4-5H2,1-3H3. The summed E-state index contributed by atoms with van der Waals surface area (Å²) in [4.78, 5) is 8.70. The quantitative estimate of drug-likeness (QED) is 0.895. The maximum Gasteiger partial charge on any atom is 0.232 e. The molecule has 0 spiro atoms. The Balaban J connectivity index is 2.35. The number of rotatable bonds is 5. The third-order valence-electron chi connectivity index (χ3n) is 3.27. The van der Waals surface area contributed by atoms with Gasteiger partial charge in [-0.3, -0.25) is 4.98 Å². The van der Waals surface area contributed by atoms with E-state index >= 15 is 0 Å². The summed E-state index contributed by atoms with van der Waals surface area (Å²) in [6.07, 6.45) is 2.83. The highest BCUT2D eigenvalue weighted by molar-refractivity contribution is 5.53. The molecule has 19 heavy (non-hydrogen) atoms. The molecule has 2 atom stereocenters. The van der Waals surface area contributed by atoms with Gasteiger partial charge in [-0.2, -0.15) is 4.98 Å². The van der Waals surface area contributed by atoms with E-state index in [1.54, 1.807) is 13.1 Å². The highest BCUT2D eigenvalue weighted by Gasteiger charge is 2.23. The third kappa shape index (κ3) is 2.81. The van der Waals surface area contributed by atoms with Crippen molar-refractivity contribution in [2.75, 3.05) is 0 Å². The molecule has 0 aliphatic rings. The van der Waals surface area contributed by atoms with Gasteiger partial charge in [0.05, 0.1) is 12.0 Å². The summed E-state index contributed by atoms with van der Waals surface area (Å²) < 4.78 is 5.27. The van der Waals surface area contributed by atoms with E-state index in [4.69, 9.17) is 4.52 Å². The first-order chi connectivity index (χ1) is 9.17. The minimum absolute atomic E-state index is 0.130. The largest absolute Gasteiger partial charge is 0.393 e. The number of aryl methyl sites for hydroxylation is 1. The van der Waals surface area contributed by atoms with Crippen LogP contribution >= 0.6 is 0 Å². The molecule has 2 aromatic heterocycles. The van der Waals surface area contributed by atoms with Crippen molar-refractivity contribution >= 4 is 0 Å².